The first-order chi connectivity index (χ1) is 12.9. The van der Waals surface area contributed by atoms with Crippen LogP contribution >= 0.6 is 24.0 Å². The fourth-order valence-electron chi connectivity index (χ4n) is 2.74. The lowest BCUT2D eigenvalue weighted by molar-refractivity contribution is -0.0505. The van der Waals surface area contributed by atoms with Crippen LogP contribution < -0.4 is 20.1 Å². The van der Waals surface area contributed by atoms with E-state index in [0.717, 1.165) is 5.56 Å². The molecule has 2 aromatic rings. The number of nitrogens with one attached hydrogen (secondary N) is 2. The van der Waals surface area contributed by atoms with Crippen LogP contribution in [0.4, 0.5) is 8.78 Å². The van der Waals surface area contributed by atoms with E-state index < -0.39 is 6.61 Å². The van der Waals surface area contributed by atoms with Crippen LogP contribution in [0.2, 0.25) is 0 Å². The third-order valence-electron chi connectivity index (χ3n) is 4.17. The van der Waals surface area contributed by atoms with E-state index in [-0.39, 0.29) is 42.3 Å². The van der Waals surface area contributed by atoms with Crippen molar-refractivity contribution < 1.29 is 18.3 Å². The minimum absolute atomic E-state index is 0. The molecule has 0 saturated carbocycles. The second-order valence-corrected chi connectivity index (χ2v) is 6.00. The lowest BCUT2D eigenvalue weighted by atomic mass is 10.0. The zero-order chi connectivity index (χ0) is 19.8. The molecule has 0 aliphatic heterocycles. The van der Waals surface area contributed by atoms with Crippen molar-refractivity contribution in [3.05, 3.63) is 59.2 Å². The molecule has 1 unspecified atom stereocenters. The second kappa shape index (κ2) is 11.7. The molecule has 0 fully saturated rings. The van der Waals surface area contributed by atoms with Gasteiger partial charge in [0.1, 0.15) is 11.5 Å². The maximum Gasteiger partial charge on any atom is 0.387 e. The fraction of sp³-hybridized carbons (Fsp3) is 0.350. The van der Waals surface area contributed by atoms with Crippen molar-refractivity contribution >= 4 is 29.9 Å². The molecule has 0 amide bonds. The number of aliphatic imine (C=N–C) groups is 1. The van der Waals surface area contributed by atoms with Gasteiger partial charge < -0.3 is 20.1 Å². The molecule has 8 heteroatoms. The number of methoxy groups -OCH3 is 1. The predicted molar refractivity (Wildman–Crippen MR) is 118 cm³/mol. The molecule has 0 heterocycles. The van der Waals surface area contributed by atoms with E-state index in [1.807, 2.05) is 19.1 Å². The normalized spacial score (nSPS) is 12.2. The lowest BCUT2D eigenvalue weighted by Crippen LogP contribution is -2.38. The highest BCUT2D eigenvalue weighted by atomic mass is 127. The topological polar surface area (TPSA) is 54.9 Å². The van der Waals surface area contributed by atoms with Gasteiger partial charge in [0.05, 0.1) is 13.2 Å². The molecule has 0 aliphatic carbocycles. The van der Waals surface area contributed by atoms with Crippen molar-refractivity contribution in [3.63, 3.8) is 0 Å². The van der Waals surface area contributed by atoms with Crippen LogP contribution in [0.15, 0.2) is 47.5 Å². The van der Waals surface area contributed by atoms with E-state index in [9.17, 15) is 8.78 Å². The number of hydrogen-bond acceptors (Lipinski definition) is 3. The van der Waals surface area contributed by atoms with Crippen LogP contribution in [0, 0.1) is 6.92 Å². The van der Waals surface area contributed by atoms with E-state index >= 15 is 0 Å². The summed E-state index contributed by atoms with van der Waals surface area (Å²) in [5.41, 5.74) is 2.91. The molecule has 0 saturated heterocycles. The van der Waals surface area contributed by atoms with Crippen LogP contribution in [0.25, 0.3) is 0 Å². The number of benzene rings is 2. The van der Waals surface area contributed by atoms with E-state index in [4.69, 9.17) is 4.74 Å². The molecule has 0 aliphatic rings. The van der Waals surface area contributed by atoms with E-state index in [1.165, 1.54) is 18.7 Å². The molecule has 28 heavy (non-hydrogen) atoms. The Hall–Kier alpha value is -2.10. The molecular formula is C20H26F2IN3O2. The van der Waals surface area contributed by atoms with E-state index in [1.54, 1.807) is 19.2 Å². The summed E-state index contributed by atoms with van der Waals surface area (Å²) in [5.74, 6) is 1.08. The van der Waals surface area contributed by atoms with Gasteiger partial charge in [-0.2, -0.15) is 8.78 Å². The Morgan fingerprint density at radius 2 is 1.89 bits per heavy atom. The molecule has 2 rings (SSSR count). The highest BCUT2D eigenvalue weighted by Gasteiger charge is 2.13. The molecule has 0 radical (unpaired) electrons. The van der Waals surface area contributed by atoms with Gasteiger partial charge in [-0.3, -0.25) is 4.99 Å². The van der Waals surface area contributed by atoms with Gasteiger partial charge in [0.15, 0.2) is 5.96 Å². The van der Waals surface area contributed by atoms with Crippen LogP contribution in [-0.4, -0.2) is 26.7 Å². The standard InChI is InChI=1S/C20H25F2N3O2.HI/c1-13-7-5-6-8-17(13)14(2)25-20(23-3)24-12-15-9-10-16(26-4)11-18(15)27-19(21)22;/h5-11,14,19H,12H2,1-4H3,(H2,23,24,25);1H. The Morgan fingerprint density at radius 1 is 1.18 bits per heavy atom. The Morgan fingerprint density at radius 3 is 2.50 bits per heavy atom. The monoisotopic (exact) mass is 505 g/mol. The Balaban J connectivity index is 0.00000392. The highest BCUT2D eigenvalue weighted by molar-refractivity contribution is 14.0. The molecule has 5 nitrogen and oxygen atoms in total. The number of rotatable bonds is 7. The molecule has 2 N–H and O–H groups in total. The summed E-state index contributed by atoms with van der Waals surface area (Å²) in [6, 6.07) is 12.9. The second-order valence-electron chi connectivity index (χ2n) is 6.00. The largest absolute Gasteiger partial charge is 0.497 e. The number of aryl methyl sites for hydroxylation is 1. The van der Waals surface area contributed by atoms with Crippen molar-refractivity contribution in [2.24, 2.45) is 4.99 Å². The van der Waals surface area contributed by atoms with Gasteiger partial charge in [-0.1, -0.05) is 24.3 Å². The molecular weight excluding hydrogens is 479 g/mol. The minimum atomic E-state index is -2.91. The van der Waals surface area contributed by atoms with Crippen molar-refractivity contribution in [2.75, 3.05) is 14.2 Å². The van der Waals surface area contributed by atoms with Gasteiger partial charge in [-0.05, 0) is 37.1 Å². The van der Waals surface area contributed by atoms with Crippen molar-refractivity contribution in [2.45, 2.75) is 33.0 Å². The quantitative estimate of drug-likeness (QED) is 0.327. The molecule has 1 atom stereocenters. The smallest absolute Gasteiger partial charge is 0.387 e. The summed E-state index contributed by atoms with van der Waals surface area (Å²) in [4.78, 5) is 4.20. The Kier molecular flexibility index (Phi) is 9.98. The number of halogens is 3. The SMILES string of the molecule is CN=C(NCc1ccc(OC)cc1OC(F)F)NC(C)c1ccccc1C.I. The van der Waals surface area contributed by atoms with Crippen molar-refractivity contribution in [1.29, 1.82) is 0 Å². The third kappa shape index (κ3) is 6.81. The summed E-state index contributed by atoms with van der Waals surface area (Å²) in [7, 11) is 3.13. The molecule has 0 aromatic heterocycles. The summed E-state index contributed by atoms with van der Waals surface area (Å²) in [6.45, 7) is 1.45. The highest BCUT2D eigenvalue weighted by Crippen LogP contribution is 2.26. The number of guanidine groups is 1. The summed E-state index contributed by atoms with van der Waals surface area (Å²) < 4.78 is 35.0. The zero-order valence-electron chi connectivity index (χ0n) is 16.3. The number of hydrogen-bond donors (Lipinski definition) is 2. The number of nitrogens with zero attached hydrogens (tertiary/aromatic N) is 1. The van der Waals surface area contributed by atoms with Gasteiger partial charge in [0, 0.05) is 25.2 Å². The first-order valence-electron chi connectivity index (χ1n) is 8.59. The first kappa shape index (κ1) is 23.9. The molecule has 2 aromatic carbocycles. The Bertz CT molecular complexity index is 788. The van der Waals surface area contributed by atoms with Gasteiger partial charge in [-0.25, -0.2) is 0 Å². The van der Waals surface area contributed by atoms with Crippen LogP contribution in [0.1, 0.15) is 29.7 Å². The number of ether oxygens (including phenoxy) is 2. The van der Waals surface area contributed by atoms with Crippen LogP contribution in [0.5, 0.6) is 11.5 Å². The van der Waals surface area contributed by atoms with Crippen LogP contribution in [0.3, 0.4) is 0 Å². The maximum absolute atomic E-state index is 12.7. The minimum Gasteiger partial charge on any atom is -0.497 e. The summed E-state index contributed by atoms with van der Waals surface area (Å²) >= 11 is 0. The van der Waals surface area contributed by atoms with Crippen molar-refractivity contribution in [3.8, 4) is 11.5 Å². The predicted octanol–water partition coefficient (Wildman–Crippen LogP) is 4.65. The van der Waals surface area contributed by atoms with Gasteiger partial charge in [0.25, 0.3) is 0 Å². The fourth-order valence-corrected chi connectivity index (χ4v) is 2.74. The molecule has 0 spiro atoms. The van der Waals surface area contributed by atoms with Crippen LogP contribution in [-0.2, 0) is 6.54 Å². The van der Waals surface area contributed by atoms with E-state index in [2.05, 4.69) is 39.4 Å². The molecule has 0 bridgehead atoms. The van der Waals surface area contributed by atoms with Gasteiger partial charge >= 0.3 is 6.61 Å². The maximum atomic E-state index is 12.7. The zero-order valence-corrected chi connectivity index (χ0v) is 18.7. The van der Waals surface area contributed by atoms with E-state index in [0.29, 0.717) is 17.3 Å². The summed E-state index contributed by atoms with van der Waals surface area (Å²) in [5, 5.41) is 6.43. The first-order valence-corrected chi connectivity index (χ1v) is 8.59. The average Bonchev–Trinajstić information content (AvgIpc) is 2.65. The van der Waals surface area contributed by atoms with Gasteiger partial charge in [-0.15, -0.1) is 24.0 Å². The Labute approximate surface area is 181 Å². The average molecular weight is 505 g/mol. The number of alkyl halides is 2. The van der Waals surface area contributed by atoms with Crippen molar-refractivity contribution in [1.82, 2.24) is 10.6 Å². The lowest BCUT2D eigenvalue weighted by Gasteiger charge is -2.20. The summed E-state index contributed by atoms with van der Waals surface area (Å²) in [6.07, 6.45) is 0. The van der Waals surface area contributed by atoms with Gasteiger partial charge in [0.2, 0.25) is 0 Å². The molecule has 154 valence electrons. The third-order valence-corrected chi connectivity index (χ3v) is 4.17.